The number of hydrogen-bond donors (Lipinski definition) is 0. The van der Waals surface area contributed by atoms with Crippen LogP contribution in [0, 0.1) is 17.5 Å². The summed E-state index contributed by atoms with van der Waals surface area (Å²) in [5.41, 5.74) is 4.87. The second-order valence-electron chi connectivity index (χ2n) is 7.59. The van der Waals surface area contributed by atoms with E-state index in [0.717, 1.165) is 17.6 Å². The largest absolute Gasteiger partial charge is 0.207 e. The monoisotopic (exact) mass is 392 g/mol. The maximum absolute atomic E-state index is 15.1. The highest BCUT2D eigenvalue weighted by Crippen LogP contribution is 2.37. The quantitative estimate of drug-likeness (QED) is 0.419. The van der Waals surface area contributed by atoms with Crippen LogP contribution in [0.15, 0.2) is 54.6 Å². The van der Waals surface area contributed by atoms with E-state index in [0.29, 0.717) is 29.5 Å². The van der Waals surface area contributed by atoms with E-state index in [9.17, 15) is 8.78 Å². The second kappa shape index (κ2) is 8.28. The number of fused-ring (bicyclic) bond motifs is 1. The first-order valence-electron chi connectivity index (χ1n) is 10.1. The number of hydrogen-bond acceptors (Lipinski definition) is 0. The van der Waals surface area contributed by atoms with Crippen molar-refractivity contribution < 1.29 is 13.2 Å². The fourth-order valence-corrected chi connectivity index (χ4v) is 3.96. The Kier molecular flexibility index (Phi) is 5.57. The normalized spacial score (nSPS) is 13.2. The zero-order chi connectivity index (χ0) is 20.4. The van der Waals surface area contributed by atoms with Crippen LogP contribution >= 0.6 is 0 Å². The minimum absolute atomic E-state index is 0.0825. The molecule has 0 fully saturated rings. The zero-order valence-electron chi connectivity index (χ0n) is 16.4. The third-order valence-electron chi connectivity index (χ3n) is 5.60. The molecule has 1 aliphatic carbocycles. The first-order chi connectivity index (χ1) is 14.1. The molecule has 0 aromatic heterocycles. The fraction of sp³-hybridized carbons (Fsp3) is 0.231. The van der Waals surface area contributed by atoms with Gasteiger partial charge in [0.25, 0.3) is 0 Å². The molecule has 0 saturated carbocycles. The maximum Gasteiger partial charge on any atom is 0.137 e. The van der Waals surface area contributed by atoms with Crippen LogP contribution < -0.4 is 0 Å². The van der Waals surface area contributed by atoms with E-state index in [1.165, 1.54) is 48.7 Å². The molecular formula is C26H23F3. The minimum Gasteiger partial charge on any atom is -0.207 e. The van der Waals surface area contributed by atoms with Crippen LogP contribution in [0.5, 0.6) is 0 Å². The molecule has 0 heterocycles. The summed E-state index contributed by atoms with van der Waals surface area (Å²) in [6.07, 6.45) is 6.51. The van der Waals surface area contributed by atoms with Gasteiger partial charge in [0, 0.05) is 0 Å². The van der Waals surface area contributed by atoms with E-state index in [4.69, 9.17) is 0 Å². The lowest BCUT2D eigenvalue weighted by Gasteiger charge is -2.20. The van der Waals surface area contributed by atoms with Crippen LogP contribution in [0.1, 0.15) is 48.4 Å². The van der Waals surface area contributed by atoms with Gasteiger partial charge in [-0.1, -0.05) is 55.8 Å². The smallest absolute Gasteiger partial charge is 0.137 e. The SMILES string of the molecule is CCCCc1ccc(C2=Cc3cc(F)c(-c4ccc(F)cc4)c(F)c3CC2)cc1. The fourth-order valence-electron chi connectivity index (χ4n) is 3.96. The summed E-state index contributed by atoms with van der Waals surface area (Å²) in [7, 11) is 0. The highest BCUT2D eigenvalue weighted by molar-refractivity contribution is 5.85. The van der Waals surface area contributed by atoms with Crippen molar-refractivity contribution in [2.75, 3.05) is 0 Å². The summed E-state index contributed by atoms with van der Waals surface area (Å²) in [5.74, 6) is -1.60. The Morgan fingerprint density at radius 3 is 2.21 bits per heavy atom. The molecule has 0 nitrogen and oxygen atoms in total. The van der Waals surface area contributed by atoms with Crippen molar-refractivity contribution in [3.05, 3.63) is 94.3 Å². The van der Waals surface area contributed by atoms with Crippen LogP contribution in [0.25, 0.3) is 22.8 Å². The Hall–Kier alpha value is -2.81. The molecular weight excluding hydrogens is 369 g/mol. The predicted octanol–water partition coefficient (Wildman–Crippen LogP) is 7.60. The van der Waals surface area contributed by atoms with E-state index in [1.807, 2.05) is 6.08 Å². The van der Waals surface area contributed by atoms with Crippen molar-refractivity contribution in [1.82, 2.24) is 0 Å². The van der Waals surface area contributed by atoms with Crippen LogP contribution in [-0.2, 0) is 12.8 Å². The third kappa shape index (κ3) is 4.00. The Bertz CT molecular complexity index is 1040. The van der Waals surface area contributed by atoms with Crippen LogP contribution in [0.2, 0.25) is 0 Å². The number of aryl methyl sites for hydroxylation is 1. The summed E-state index contributed by atoms with van der Waals surface area (Å²) in [4.78, 5) is 0. The summed E-state index contributed by atoms with van der Waals surface area (Å²) in [6.45, 7) is 2.18. The van der Waals surface area contributed by atoms with Gasteiger partial charge < -0.3 is 0 Å². The van der Waals surface area contributed by atoms with Crippen LogP contribution in [-0.4, -0.2) is 0 Å². The molecule has 0 bridgehead atoms. The van der Waals surface area contributed by atoms with Crippen LogP contribution in [0.4, 0.5) is 13.2 Å². The molecule has 0 aliphatic heterocycles. The lowest BCUT2D eigenvalue weighted by molar-refractivity contribution is 0.576. The Labute approximate surface area is 169 Å². The molecule has 0 radical (unpaired) electrons. The molecule has 29 heavy (non-hydrogen) atoms. The summed E-state index contributed by atoms with van der Waals surface area (Å²) in [6, 6.07) is 15.1. The molecule has 4 rings (SSSR count). The van der Waals surface area contributed by atoms with Gasteiger partial charge in [-0.2, -0.15) is 0 Å². The van der Waals surface area contributed by atoms with Gasteiger partial charge in [0.1, 0.15) is 17.5 Å². The molecule has 0 unspecified atom stereocenters. The van der Waals surface area contributed by atoms with Gasteiger partial charge >= 0.3 is 0 Å². The van der Waals surface area contributed by atoms with Crippen LogP contribution in [0.3, 0.4) is 0 Å². The van der Waals surface area contributed by atoms with E-state index < -0.39 is 17.5 Å². The minimum atomic E-state index is -0.625. The van der Waals surface area contributed by atoms with Crippen molar-refractivity contribution in [2.45, 2.75) is 39.0 Å². The second-order valence-corrected chi connectivity index (χ2v) is 7.59. The molecule has 3 aromatic rings. The van der Waals surface area contributed by atoms with E-state index in [2.05, 4.69) is 31.2 Å². The van der Waals surface area contributed by atoms with Crippen molar-refractivity contribution in [2.24, 2.45) is 0 Å². The molecule has 0 saturated heterocycles. The highest BCUT2D eigenvalue weighted by atomic mass is 19.1. The molecule has 0 N–H and O–H groups in total. The summed E-state index contributed by atoms with van der Waals surface area (Å²) in [5, 5.41) is 0. The van der Waals surface area contributed by atoms with Gasteiger partial charge in [-0.05, 0) is 77.3 Å². The number of benzene rings is 3. The Morgan fingerprint density at radius 2 is 1.52 bits per heavy atom. The Morgan fingerprint density at radius 1 is 0.828 bits per heavy atom. The predicted molar refractivity (Wildman–Crippen MR) is 113 cm³/mol. The third-order valence-corrected chi connectivity index (χ3v) is 5.60. The standard InChI is InChI=1S/C26H23F3/c1-2-3-4-17-5-7-18(8-6-17)20-11-14-23-21(15-20)16-24(28)25(26(23)29)19-9-12-22(27)13-10-19/h5-10,12-13,15-16H,2-4,11,14H2,1H3. The molecule has 1 aliphatic rings. The average molecular weight is 392 g/mol. The number of halogens is 3. The molecule has 3 aromatic carbocycles. The van der Waals surface area contributed by atoms with Crippen molar-refractivity contribution >= 4 is 11.6 Å². The maximum atomic E-state index is 15.1. The van der Waals surface area contributed by atoms with Crippen molar-refractivity contribution in [1.29, 1.82) is 0 Å². The molecule has 0 atom stereocenters. The summed E-state index contributed by atoms with van der Waals surface area (Å²) < 4.78 is 43.1. The topological polar surface area (TPSA) is 0 Å². The number of rotatable bonds is 5. The molecule has 0 amide bonds. The number of allylic oxidation sites excluding steroid dienone is 1. The highest BCUT2D eigenvalue weighted by Gasteiger charge is 2.22. The van der Waals surface area contributed by atoms with Gasteiger partial charge in [-0.15, -0.1) is 0 Å². The molecule has 3 heteroatoms. The van der Waals surface area contributed by atoms with Crippen molar-refractivity contribution in [3.63, 3.8) is 0 Å². The van der Waals surface area contributed by atoms with Gasteiger partial charge in [0.05, 0.1) is 5.56 Å². The van der Waals surface area contributed by atoms with E-state index in [-0.39, 0.29) is 5.56 Å². The zero-order valence-corrected chi connectivity index (χ0v) is 16.4. The Balaban J connectivity index is 1.67. The first-order valence-corrected chi connectivity index (χ1v) is 10.1. The average Bonchev–Trinajstić information content (AvgIpc) is 2.73. The first kappa shape index (κ1) is 19.5. The van der Waals surface area contributed by atoms with Gasteiger partial charge in [0.2, 0.25) is 0 Å². The molecule has 0 spiro atoms. The summed E-state index contributed by atoms with van der Waals surface area (Å²) >= 11 is 0. The van der Waals surface area contributed by atoms with Gasteiger partial charge in [-0.25, -0.2) is 13.2 Å². The number of unbranched alkanes of at least 4 members (excludes halogenated alkanes) is 1. The van der Waals surface area contributed by atoms with E-state index in [1.54, 1.807) is 0 Å². The van der Waals surface area contributed by atoms with Gasteiger partial charge in [0.15, 0.2) is 0 Å². The van der Waals surface area contributed by atoms with Gasteiger partial charge in [-0.3, -0.25) is 0 Å². The lowest BCUT2D eigenvalue weighted by atomic mass is 9.86. The van der Waals surface area contributed by atoms with Crippen molar-refractivity contribution in [3.8, 4) is 11.1 Å². The molecule has 148 valence electrons. The van der Waals surface area contributed by atoms with E-state index >= 15 is 4.39 Å². The lowest BCUT2D eigenvalue weighted by Crippen LogP contribution is -2.06.